The quantitative estimate of drug-likeness (QED) is 0.0389. The molecule has 2 aromatic carbocycles. The number of methoxy groups -OCH3 is 2. The molecule has 2 aliphatic rings. The molecule has 2 saturated heterocycles. The van der Waals surface area contributed by atoms with Crippen molar-refractivity contribution >= 4 is 70.8 Å². The van der Waals surface area contributed by atoms with Crippen LogP contribution < -0.4 is 48.7 Å². The number of rotatable bonds is 41. The largest absolute Gasteiger partial charge is 0.379 e. The van der Waals surface area contributed by atoms with Crippen LogP contribution in [0.1, 0.15) is 170 Å². The number of hydrogen-bond acceptors (Lipinski definition) is 14. The number of piperidine rings is 1. The maximum Gasteiger partial charge on any atom is 0.312 e. The van der Waals surface area contributed by atoms with Gasteiger partial charge in [0.1, 0.15) is 24.2 Å². The molecule has 0 saturated carbocycles. The minimum Gasteiger partial charge on any atom is -0.379 e. The fourth-order valence-electron chi connectivity index (χ4n) is 13.8. The molecule has 4 rings (SSSR count). The van der Waals surface area contributed by atoms with Gasteiger partial charge in [0.2, 0.25) is 59.1 Å². The number of carbonyl (C=O) groups is 11. The highest BCUT2D eigenvalue weighted by molar-refractivity contribution is 5.99. The van der Waals surface area contributed by atoms with Crippen molar-refractivity contribution in [3.05, 3.63) is 65.7 Å². The Bertz CT molecular complexity index is 2950. The zero-order valence-electron chi connectivity index (χ0n) is 61.6. The van der Waals surface area contributed by atoms with Crippen LogP contribution in [0.3, 0.4) is 0 Å². The summed E-state index contributed by atoms with van der Waals surface area (Å²) < 4.78 is 12.3. The third kappa shape index (κ3) is 25.8. The van der Waals surface area contributed by atoms with Crippen LogP contribution >= 0.6 is 0 Å². The molecule has 26 nitrogen and oxygen atoms in total. The third-order valence-corrected chi connectivity index (χ3v) is 19.8. The highest BCUT2D eigenvalue weighted by Crippen LogP contribution is 2.31. The van der Waals surface area contributed by atoms with Crippen LogP contribution in [-0.2, 0) is 70.4 Å². The summed E-state index contributed by atoms with van der Waals surface area (Å²) in [6.07, 6.45) is 5.37. The van der Waals surface area contributed by atoms with E-state index in [1.165, 1.54) is 14.2 Å². The van der Waals surface area contributed by atoms with E-state index >= 15 is 0 Å². The lowest BCUT2D eigenvalue weighted by Crippen LogP contribution is -2.60. The molecule has 2 aromatic rings. The van der Waals surface area contributed by atoms with Crippen molar-refractivity contribution < 1.29 is 62.2 Å². The molecular formula is C73H119N13O13. The van der Waals surface area contributed by atoms with Crippen LogP contribution in [0.5, 0.6) is 0 Å². The minimum absolute atomic E-state index is 0.0371. The first-order chi connectivity index (χ1) is 46.9. The van der Waals surface area contributed by atoms with Crippen molar-refractivity contribution in [2.75, 3.05) is 60.3 Å². The van der Waals surface area contributed by atoms with Gasteiger partial charge in [-0.15, -0.1) is 0 Å². The minimum atomic E-state index is -1.13. The first kappa shape index (κ1) is 83.7. The maximum absolute atomic E-state index is 14.7. The standard InChI is InChI=1S/C73H119N13O13/c1-16-18-20-25-47(8)64(83(11)12)71(95)82-62(45(5)6)72(96)84(13)63(46(7)17-2)57(98-14)42-60(89)86-38-24-29-56(86)65(99-15)49(10)67(91)80-55(41-50-26-21-19-22-27-50)68(92)77-43-51-30-32-53(33-31-51)78-69(93)54(28-23-37-76-73(75)97)79-70(94)61(44(3)4)81-58(87)34-35-59(88)85-39-36-52(66(74)90)40-48(85)9/h19,21-22,26-27,30-33,44-49,52,54-57,61-65H,16-18,20,23-25,28-29,34-43H2,1-15H3,(H2,74,90)(H,77,92)(H,78,93)(H,79,94)(H,80,91)(H,81,87)(H,82,95)(H3,75,76,97)/t46-,47?,48?,49+,52?,54-,55-,56-,57+,61?,62-,63-,64?,65+/m0/s1. The maximum atomic E-state index is 14.7. The Morgan fingerprint density at radius 3 is 1.87 bits per heavy atom. The summed E-state index contributed by atoms with van der Waals surface area (Å²) in [5.41, 5.74) is 12.6. The van der Waals surface area contributed by atoms with Gasteiger partial charge in [-0.3, -0.25) is 52.8 Å². The molecule has 2 fully saturated rings. The van der Waals surface area contributed by atoms with E-state index in [9.17, 15) is 52.7 Å². The van der Waals surface area contributed by atoms with E-state index < -0.39 is 108 Å². The average molecular weight is 1390 g/mol. The summed E-state index contributed by atoms with van der Waals surface area (Å²) in [4.78, 5) is 157. The molecule has 554 valence electrons. The van der Waals surface area contributed by atoms with E-state index in [1.807, 2.05) is 83.9 Å². The van der Waals surface area contributed by atoms with Crippen LogP contribution in [0.4, 0.5) is 10.5 Å². The molecular weight excluding hydrogens is 1270 g/mol. The number of ether oxygens (including phenoxy) is 2. The molecule has 0 aliphatic carbocycles. The molecule has 0 radical (unpaired) electrons. The first-order valence-corrected chi connectivity index (χ1v) is 35.7. The summed E-state index contributed by atoms with van der Waals surface area (Å²) >= 11 is 0. The number of likely N-dealkylation sites (N-methyl/N-ethyl adjacent to an activating group) is 2. The summed E-state index contributed by atoms with van der Waals surface area (Å²) in [5, 5.41) is 19.9. The van der Waals surface area contributed by atoms with E-state index in [0.29, 0.717) is 56.4 Å². The molecule has 99 heavy (non-hydrogen) atoms. The van der Waals surface area contributed by atoms with E-state index in [4.69, 9.17) is 20.9 Å². The Labute approximate surface area is 587 Å². The summed E-state index contributed by atoms with van der Waals surface area (Å²) in [5.74, 6) is -5.94. The lowest BCUT2D eigenvalue weighted by atomic mass is 9.89. The normalized spacial score (nSPS) is 18.8. The van der Waals surface area contributed by atoms with Gasteiger partial charge in [0.05, 0.1) is 42.7 Å². The molecule has 0 bridgehead atoms. The molecule has 12 amide bonds. The molecule has 0 aromatic heterocycles. The summed E-state index contributed by atoms with van der Waals surface area (Å²) in [6, 6.07) is 9.34. The number of carbonyl (C=O) groups excluding carboxylic acids is 11. The number of nitrogens with two attached hydrogens (primary N) is 2. The molecule has 5 unspecified atom stereocenters. The average Bonchev–Trinajstić information content (AvgIpc) is 1.67. The Morgan fingerprint density at radius 2 is 1.29 bits per heavy atom. The number of anilines is 1. The van der Waals surface area contributed by atoms with Crippen molar-refractivity contribution in [3.63, 3.8) is 0 Å². The zero-order valence-corrected chi connectivity index (χ0v) is 61.6. The van der Waals surface area contributed by atoms with Gasteiger partial charge in [-0.2, -0.15) is 0 Å². The Kier molecular flexibility index (Phi) is 35.3. The van der Waals surface area contributed by atoms with E-state index in [2.05, 4.69) is 51.1 Å². The van der Waals surface area contributed by atoms with Crippen LogP contribution in [0, 0.1) is 35.5 Å². The Balaban J connectivity index is 1.44. The number of likely N-dealkylation sites (tertiary alicyclic amines) is 2. The lowest BCUT2D eigenvalue weighted by molar-refractivity contribution is -0.148. The van der Waals surface area contributed by atoms with Gasteiger partial charge in [-0.1, -0.05) is 130 Å². The topological polar surface area (TPSA) is 355 Å². The number of amides is 12. The molecule has 2 aliphatic heterocycles. The number of unbranched alkanes of at least 4 members (excludes halogenated alkanes) is 2. The van der Waals surface area contributed by atoms with Crippen molar-refractivity contribution in [2.45, 2.75) is 233 Å². The summed E-state index contributed by atoms with van der Waals surface area (Å²) in [6.45, 7) is 20.0. The van der Waals surface area contributed by atoms with Crippen LogP contribution in [0.15, 0.2) is 54.6 Å². The predicted octanol–water partition coefficient (Wildman–Crippen LogP) is 5.14. The smallest absolute Gasteiger partial charge is 0.312 e. The van der Waals surface area contributed by atoms with Crippen LogP contribution in [0.2, 0.25) is 0 Å². The van der Waals surface area contributed by atoms with Crippen molar-refractivity contribution in [2.24, 2.45) is 47.0 Å². The Hall–Kier alpha value is -7.71. The molecule has 11 N–H and O–H groups in total. The molecule has 14 atom stereocenters. The van der Waals surface area contributed by atoms with Gasteiger partial charge in [0, 0.05) is 84.4 Å². The second-order valence-electron chi connectivity index (χ2n) is 28.2. The van der Waals surface area contributed by atoms with E-state index in [1.54, 1.807) is 66.8 Å². The number of nitrogens with one attached hydrogen (secondary N) is 7. The fourth-order valence-corrected chi connectivity index (χ4v) is 13.8. The van der Waals surface area contributed by atoms with Crippen LogP contribution in [-0.4, -0.2) is 200 Å². The Morgan fingerprint density at radius 1 is 0.636 bits per heavy atom. The number of primary amides is 2. The van der Waals surface area contributed by atoms with Crippen molar-refractivity contribution in [1.29, 1.82) is 0 Å². The van der Waals surface area contributed by atoms with Gasteiger partial charge in [-0.05, 0) is 113 Å². The van der Waals surface area contributed by atoms with Gasteiger partial charge >= 0.3 is 6.03 Å². The zero-order chi connectivity index (χ0) is 73.8. The monoisotopic (exact) mass is 1390 g/mol. The van der Waals surface area contributed by atoms with Crippen LogP contribution in [0.25, 0.3) is 0 Å². The number of urea groups is 1. The first-order valence-electron chi connectivity index (χ1n) is 35.7. The number of hydrogen-bond donors (Lipinski definition) is 9. The second-order valence-corrected chi connectivity index (χ2v) is 28.2. The molecule has 0 spiro atoms. The highest BCUT2D eigenvalue weighted by Gasteiger charge is 2.44. The van der Waals surface area contributed by atoms with E-state index in [0.717, 1.165) is 31.2 Å². The number of nitrogens with zero attached hydrogens (tertiary/aromatic N) is 4. The lowest BCUT2D eigenvalue weighted by Gasteiger charge is -2.41. The van der Waals surface area contributed by atoms with Crippen molar-refractivity contribution in [1.82, 2.24) is 51.5 Å². The summed E-state index contributed by atoms with van der Waals surface area (Å²) in [7, 11) is 8.53. The highest BCUT2D eigenvalue weighted by atomic mass is 16.5. The van der Waals surface area contributed by atoms with Gasteiger partial charge in [-0.25, -0.2) is 4.79 Å². The van der Waals surface area contributed by atoms with E-state index in [-0.39, 0.29) is 105 Å². The SMILES string of the molecule is CCCCCC(C)C(C(=O)N[C@H](C(=O)N(C)[C@@H]([C@@H](C)CC)[C@@H](CC(=O)N1CCC[C@H]1[C@H](OC)[C@@H](C)C(=O)N[C@@H](Cc1ccccc1)C(=O)NCc1ccc(NC(=O)[C@H](CCCNC(N)=O)NC(=O)C(NC(=O)CCC(=O)N2CCC(C(N)=O)CC2C)C(C)C)cc1)OC)C(C)C)N(C)C. The predicted molar refractivity (Wildman–Crippen MR) is 381 cm³/mol. The second kappa shape index (κ2) is 41.8. The molecule has 26 heteroatoms. The molecule has 2 heterocycles. The van der Waals surface area contributed by atoms with Crippen molar-refractivity contribution in [3.8, 4) is 0 Å². The van der Waals surface area contributed by atoms with Gasteiger partial charge in [0.25, 0.3) is 0 Å². The van der Waals surface area contributed by atoms with Gasteiger partial charge in [0.15, 0.2) is 0 Å². The van der Waals surface area contributed by atoms with Gasteiger partial charge < -0.3 is 72.9 Å². The third-order valence-electron chi connectivity index (χ3n) is 19.8. The number of benzene rings is 2. The fraction of sp³-hybridized carbons (Fsp3) is 0.685.